The van der Waals surface area contributed by atoms with Gasteiger partial charge in [-0.2, -0.15) is 0 Å². The highest BCUT2D eigenvalue weighted by molar-refractivity contribution is 7.13. The van der Waals surface area contributed by atoms with E-state index < -0.39 is 5.82 Å². The number of hydrogen-bond donors (Lipinski definition) is 1. The number of anilines is 2. The highest BCUT2D eigenvalue weighted by Crippen LogP contribution is 2.20. The number of nitrogens with zero attached hydrogens (tertiary/aromatic N) is 3. The molecule has 1 atom stereocenters. The van der Waals surface area contributed by atoms with Crippen molar-refractivity contribution in [3.63, 3.8) is 0 Å². The van der Waals surface area contributed by atoms with E-state index in [0.717, 1.165) is 31.3 Å². The van der Waals surface area contributed by atoms with Crippen LogP contribution in [-0.4, -0.2) is 48.0 Å². The number of amides is 1. The van der Waals surface area contributed by atoms with Crippen LogP contribution in [0.2, 0.25) is 0 Å². The Morgan fingerprint density at radius 2 is 2.04 bits per heavy atom. The normalized spacial score (nSPS) is 17.0. The van der Waals surface area contributed by atoms with Gasteiger partial charge in [0.25, 0.3) is 0 Å². The molecule has 122 valence electrons. The number of rotatable bonds is 4. The monoisotopic (exact) mass is 334 g/mol. The first-order valence-corrected chi connectivity index (χ1v) is 8.47. The van der Waals surface area contributed by atoms with E-state index in [1.165, 1.54) is 6.07 Å². The van der Waals surface area contributed by atoms with Crippen LogP contribution in [-0.2, 0) is 4.79 Å². The maximum Gasteiger partial charge on any atom is 0.241 e. The fourth-order valence-electron chi connectivity index (χ4n) is 2.64. The van der Waals surface area contributed by atoms with Crippen molar-refractivity contribution in [3.05, 3.63) is 41.7 Å². The molecule has 1 fully saturated rings. The van der Waals surface area contributed by atoms with Gasteiger partial charge in [0.2, 0.25) is 5.91 Å². The van der Waals surface area contributed by atoms with Gasteiger partial charge in [0.1, 0.15) is 5.82 Å². The third kappa shape index (κ3) is 3.68. The van der Waals surface area contributed by atoms with E-state index in [0.29, 0.717) is 0 Å². The highest BCUT2D eigenvalue weighted by atomic mass is 32.1. The summed E-state index contributed by atoms with van der Waals surface area (Å²) in [5, 5.41) is 5.65. The lowest BCUT2D eigenvalue weighted by molar-refractivity contribution is -0.120. The van der Waals surface area contributed by atoms with Gasteiger partial charge < -0.3 is 10.2 Å². The number of halogens is 1. The molecular formula is C16H19FN4OS. The summed E-state index contributed by atoms with van der Waals surface area (Å²) in [5.74, 6) is -0.598. The van der Waals surface area contributed by atoms with Gasteiger partial charge in [0, 0.05) is 37.8 Å². The fourth-order valence-corrected chi connectivity index (χ4v) is 3.33. The average molecular weight is 334 g/mol. The second-order valence-electron chi connectivity index (χ2n) is 5.48. The second kappa shape index (κ2) is 7.06. The summed E-state index contributed by atoms with van der Waals surface area (Å²) in [6.45, 7) is 5.10. The summed E-state index contributed by atoms with van der Waals surface area (Å²) in [4.78, 5) is 21.0. The van der Waals surface area contributed by atoms with E-state index in [1.54, 1.807) is 35.7 Å². The zero-order chi connectivity index (χ0) is 16.2. The van der Waals surface area contributed by atoms with Crippen LogP contribution in [0.3, 0.4) is 0 Å². The lowest BCUT2D eigenvalue weighted by Gasteiger charge is -2.37. The van der Waals surface area contributed by atoms with E-state index in [2.05, 4.69) is 20.1 Å². The first-order valence-electron chi connectivity index (χ1n) is 7.59. The maximum absolute atomic E-state index is 13.6. The van der Waals surface area contributed by atoms with E-state index in [1.807, 2.05) is 12.3 Å². The predicted molar refractivity (Wildman–Crippen MR) is 90.4 cm³/mol. The molecule has 2 aromatic rings. The summed E-state index contributed by atoms with van der Waals surface area (Å²) in [6.07, 6.45) is 1.80. The lowest BCUT2D eigenvalue weighted by Crippen LogP contribution is -2.52. The Hall–Kier alpha value is -1.99. The van der Waals surface area contributed by atoms with Crippen molar-refractivity contribution in [2.45, 2.75) is 13.0 Å². The second-order valence-corrected chi connectivity index (χ2v) is 6.36. The van der Waals surface area contributed by atoms with Gasteiger partial charge >= 0.3 is 0 Å². The number of benzene rings is 1. The van der Waals surface area contributed by atoms with E-state index >= 15 is 0 Å². The van der Waals surface area contributed by atoms with Crippen molar-refractivity contribution in [1.29, 1.82) is 0 Å². The molecule has 5 nitrogen and oxygen atoms in total. The molecule has 1 N–H and O–H groups in total. The molecule has 2 heterocycles. The topological polar surface area (TPSA) is 48.5 Å². The lowest BCUT2D eigenvalue weighted by atomic mass is 10.2. The number of thiazole rings is 1. The Balaban J connectivity index is 1.55. The minimum absolute atomic E-state index is 0.183. The Kier molecular flexibility index (Phi) is 4.88. The number of hydrogen-bond acceptors (Lipinski definition) is 5. The molecule has 0 bridgehead atoms. The van der Waals surface area contributed by atoms with Crippen LogP contribution < -0.4 is 10.2 Å². The number of carbonyl (C=O) groups excluding carboxylic acids is 1. The van der Waals surface area contributed by atoms with Gasteiger partial charge in [-0.3, -0.25) is 9.69 Å². The summed E-state index contributed by atoms with van der Waals surface area (Å²) in [7, 11) is 0. The molecule has 0 aliphatic carbocycles. The number of nitrogens with one attached hydrogen (secondary N) is 1. The summed E-state index contributed by atoms with van der Waals surface area (Å²) in [5.41, 5.74) is 0.228. The SMILES string of the molecule is C[C@H](C(=O)Nc1ccccc1F)N1CCN(c2nccs2)CC1. The smallest absolute Gasteiger partial charge is 0.241 e. The zero-order valence-corrected chi connectivity index (χ0v) is 13.7. The summed E-state index contributed by atoms with van der Waals surface area (Å²) in [6, 6.07) is 5.92. The summed E-state index contributed by atoms with van der Waals surface area (Å²) < 4.78 is 13.6. The Morgan fingerprint density at radius 1 is 1.30 bits per heavy atom. The fraction of sp³-hybridized carbons (Fsp3) is 0.375. The Bertz CT molecular complexity index is 656. The number of para-hydroxylation sites is 1. The van der Waals surface area contributed by atoms with Gasteiger partial charge in [-0.15, -0.1) is 11.3 Å². The molecule has 1 aromatic carbocycles. The van der Waals surface area contributed by atoms with Gasteiger partial charge in [-0.05, 0) is 19.1 Å². The van der Waals surface area contributed by atoms with Crippen molar-refractivity contribution in [3.8, 4) is 0 Å². The summed E-state index contributed by atoms with van der Waals surface area (Å²) >= 11 is 1.62. The van der Waals surface area contributed by atoms with Crippen molar-refractivity contribution in [2.75, 3.05) is 36.4 Å². The molecule has 3 rings (SSSR count). The molecule has 1 saturated heterocycles. The third-order valence-electron chi connectivity index (χ3n) is 4.06. The van der Waals surface area contributed by atoms with Crippen molar-refractivity contribution in [1.82, 2.24) is 9.88 Å². The molecule has 7 heteroatoms. The van der Waals surface area contributed by atoms with Crippen LogP contribution in [0.15, 0.2) is 35.8 Å². The van der Waals surface area contributed by atoms with E-state index in [9.17, 15) is 9.18 Å². The molecule has 1 aliphatic heterocycles. The third-order valence-corrected chi connectivity index (χ3v) is 4.90. The molecular weight excluding hydrogens is 315 g/mol. The van der Waals surface area contributed by atoms with Crippen LogP contribution in [0.1, 0.15) is 6.92 Å². The van der Waals surface area contributed by atoms with Crippen molar-refractivity contribution in [2.24, 2.45) is 0 Å². The quantitative estimate of drug-likeness (QED) is 0.933. The van der Waals surface area contributed by atoms with Gasteiger partial charge in [0.05, 0.1) is 11.7 Å². The maximum atomic E-state index is 13.6. The molecule has 0 saturated carbocycles. The Labute approximate surface area is 138 Å². The number of aromatic nitrogens is 1. The first-order chi connectivity index (χ1) is 11.1. The molecule has 23 heavy (non-hydrogen) atoms. The highest BCUT2D eigenvalue weighted by Gasteiger charge is 2.26. The van der Waals surface area contributed by atoms with Gasteiger partial charge in [-0.1, -0.05) is 12.1 Å². The predicted octanol–water partition coefficient (Wildman–Crippen LogP) is 2.43. The van der Waals surface area contributed by atoms with Crippen LogP contribution in [0, 0.1) is 5.82 Å². The largest absolute Gasteiger partial charge is 0.346 e. The minimum atomic E-state index is -0.415. The molecule has 1 amide bonds. The van der Waals surface area contributed by atoms with Crippen LogP contribution in [0.4, 0.5) is 15.2 Å². The Morgan fingerprint density at radius 3 is 2.70 bits per heavy atom. The minimum Gasteiger partial charge on any atom is -0.346 e. The molecule has 1 aromatic heterocycles. The van der Waals surface area contributed by atoms with Gasteiger partial charge in [-0.25, -0.2) is 9.37 Å². The van der Waals surface area contributed by atoms with Gasteiger partial charge in [0.15, 0.2) is 5.13 Å². The van der Waals surface area contributed by atoms with E-state index in [4.69, 9.17) is 0 Å². The number of carbonyl (C=O) groups is 1. The van der Waals surface area contributed by atoms with E-state index in [-0.39, 0.29) is 17.6 Å². The average Bonchev–Trinajstić information content (AvgIpc) is 3.11. The molecule has 0 unspecified atom stereocenters. The first kappa shape index (κ1) is 15.9. The zero-order valence-electron chi connectivity index (χ0n) is 12.9. The standard InChI is InChI=1S/C16H19FN4OS/c1-12(15(22)19-14-5-3-2-4-13(14)17)20-7-9-21(10-8-20)16-18-6-11-23-16/h2-6,11-12H,7-10H2,1H3,(H,19,22)/t12-/m1/s1. The van der Waals surface area contributed by atoms with Crippen molar-refractivity contribution < 1.29 is 9.18 Å². The molecule has 1 aliphatic rings. The van der Waals surface area contributed by atoms with Crippen LogP contribution in [0.5, 0.6) is 0 Å². The molecule has 0 spiro atoms. The van der Waals surface area contributed by atoms with Crippen LogP contribution >= 0.6 is 11.3 Å². The van der Waals surface area contributed by atoms with Crippen molar-refractivity contribution >= 4 is 28.1 Å². The van der Waals surface area contributed by atoms with Crippen LogP contribution in [0.25, 0.3) is 0 Å². The number of piperazine rings is 1. The molecule has 0 radical (unpaired) electrons.